The lowest BCUT2D eigenvalue weighted by molar-refractivity contribution is -0.137. The molecule has 0 spiro atoms. The fourth-order valence-electron chi connectivity index (χ4n) is 4.16. The molecule has 5 heteroatoms. The second-order valence-corrected chi connectivity index (χ2v) is 7.84. The minimum atomic E-state index is -0.0737. The zero-order valence-corrected chi connectivity index (χ0v) is 16.9. The molecule has 2 aromatic rings. The Morgan fingerprint density at radius 2 is 1.69 bits per heavy atom. The predicted molar refractivity (Wildman–Crippen MR) is 113 cm³/mol. The van der Waals surface area contributed by atoms with E-state index in [0.29, 0.717) is 6.54 Å². The van der Waals surface area contributed by atoms with Crippen LogP contribution in [0.1, 0.15) is 54.8 Å². The predicted octanol–water partition coefficient (Wildman–Crippen LogP) is 4.08. The third-order valence-corrected chi connectivity index (χ3v) is 5.78. The third kappa shape index (κ3) is 4.39. The summed E-state index contributed by atoms with van der Waals surface area (Å²) in [5, 5.41) is 6.00. The molecule has 29 heavy (non-hydrogen) atoms. The van der Waals surface area contributed by atoms with Gasteiger partial charge in [-0.25, -0.2) is 5.01 Å². The van der Waals surface area contributed by atoms with Crippen molar-refractivity contribution < 1.29 is 9.59 Å². The molecule has 1 saturated heterocycles. The highest BCUT2D eigenvalue weighted by Gasteiger charge is 2.30. The number of nitrogens with zero attached hydrogens (tertiary/aromatic N) is 3. The van der Waals surface area contributed by atoms with Gasteiger partial charge in [0.2, 0.25) is 11.8 Å². The normalized spacial score (nSPS) is 18.8. The number of amides is 2. The van der Waals surface area contributed by atoms with E-state index in [0.717, 1.165) is 37.1 Å². The molecule has 1 fully saturated rings. The Morgan fingerprint density at radius 3 is 2.45 bits per heavy atom. The highest BCUT2D eigenvalue weighted by Crippen LogP contribution is 2.32. The molecule has 0 saturated carbocycles. The molecule has 2 aromatic carbocycles. The summed E-state index contributed by atoms with van der Waals surface area (Å²) >= 11 is 0. The van der Waals surface area contributed by atoms with Crippen LogP contribution in [0.15, 0.2) is 59.7 Å². The molecule has 0 radical (unpaired) electrons. The SMILES string of the molecule is Cc1ccc(C2CCCN2C(=O)CCC(=O)N2CCC(c3ccccc3)=N2)cc1. The number of likely N-dealkylation sites (tertiary alicyclic amines) is 1. The maximum atomic E-state index is 12.8. The van der Waals surface area contributed by atoms with E-state index in [1.807, 2.05) is 35.2 Å². The summed E-state index contributed by atoms with van der Waals surface area (Å²) in [7, 11) is 0. The van der Waals surface area contributed by atoms with Gasteiger partial charge in [-0.1, -0.05) is 60.2 Å². The fraction of sp³-hybridized carbons (Fsp3) is 0.375. The lowest BCUT2D eigenvalue weighted by Crippen LogP contribution is -2.32. The van der Waals surface area contributed by atoms with Gasteiger partial charge in [-0.15, -0.1) is 0 Å². The maximum absolute atomic E-state index is 12.8. The molecule has 1 atom stereocenters. The van der Waals surface area contributed by atoms with Crippen LogP contribution >= 0.6 is 0 Å². The molecule has 0 bridgehead atoms. The van der Waals surface area contributed by atoms with Crippen molar-refractivity contribution in [1.82, 2.24) is 9.91 Å². The average molecular weight is 389 g/mol. The van der Waals surface area contributed by atoms with Crippen LogP contribution in [-0.2, 0) is 9.59 Å². The van der Waals surface area contributed by atoms with Gasteiger partial charge in [0, 0.05) is 25.8 Å². The highest BCUT2D eigenvalue weighted by atomic mass is 16.2. The van der Waals surface area contributed by atoms with Crippen molar-refractivity contribution in [1.29, 1.82) is 0 Å². The van der Waals surface area contributed by atoms with Crippen LogP contribution in [-0.4, -0.2) is 40.5 Å². The molecule has 2 amide bonds. The van der Waals surface area contributed by atoms with Crippen LogP contribution in [0.25, 0.3) is 0 Å². The molecule has 2 heterocycles. The summed E-state index contributed by atoms with van der Waals surface area (Å²) in [6, 6.07) is 18.5. The summed E-state index contributed by atoms with van der Waals surface area (Å²) in [5.41, 5.74) is 4.39. The van der Waals surface area contributed by atoms with Crippen LogP contribution in [0.2, 0.25) is 0 Å². The number of hydrogen-bond donors (Lipinski definition) is 0. The van der Waals surface area contributed by atoms with Gasteiger partial charge >= 0.3 is 0 Å². The average Bonchev–Trinajstić information content (AvgIpc) is 3.43. The van der Waals surface area contributed by atoms with Gasteiger partial charge in [0.05, 0.1) is 18.3 Å². The number of carbonyl (C=O) groups is 2. The summed E-state index contributed by atoms with van der Waals surface area (Å²) in [6.07, 6.45) is 3.20. The fourth-order valence-corrected chi connectivity index (χ4v) is 4.16. The first-order chi connectivity index (χ1) is 14.1. The molecule has 2 aliphatic rings. The summed E-state index contributed by atoms with van der Waals surface area (Å²) < 4.78 is 0. The Kier molecular flexibility index (Phi) is 5.74. The van der Waals surface area contributed by atoms with Crippen LogP contribution < -0.4 is 0 Å². The van der Waals surface area contributed by atoms with Crippen molar-refractivity contribution in [3.05, 3.63) is 71.3 Å². The maximum Gasteiger partial charge on any atom is 0.243 e. The molecule has 1 unspecified atom stereocenters. The molecular weight excluding hydrogens is 362 g/mol. The molecular formula is C24H27N3O2. The lowest BCUT2D eigenvalue weighted by atomic mass is 10.0. The Labute approximate surface area is 172 Å². The van der Waals surface area contributed by atoms with Gasteiger partial charge in [0.15, 0.2) is 0 Å². The summed E-state index contributed by atoms with van der Waals surface area (Å²) in [5.74, 6) is -0.0109. The summed E-state index contributed by atoms with van der Waals surface area (Å²) in [6.45, 7) is 3.43. The van der Waals surface area contributed by atoms with Crippen molar-refractivity contribution in [2.75, 3.05) is 13.1 Å². The lowest BCUT2D eigenvalue weighted by Gasteiger charge is -2.25. The number of benzene rings is 2. The van der Waals surface area contributed by atoms with E-state index in [2.05, 4.69) is 36.3 Å². The number of hydrogen-bond acceptors (Lipinski definition) is 3. The Morgan fingerprint density at radius 1 is 0.966 bits per heavy atom. The second kappa shape index (κ2) is 8.60. The van der Waals surface area contributed by atoms with E-state index in [1.165, 1.54) is 16.1 Å². The van der Waals surface area contributed by atoms with Crippen molar-refractivity contribution in [2.45, 2.75) is 45.1 Å². The first-order valence-corrected chi connectivity index (χ1v) is 10.4. The molecule has 0 N–H and O–H groups in total. The van der Waals surface area contributed by atoms with Crippen molar-refractivity contribution >= 4 is 17.5 Å². The largest absolute Gasteiger partial charge is 0.336 e. The van der Waals surface area contributed by atoms with Crippen LogP contribution in [0.4, 0.5) is 0 Å². The number of rotatable bonds is 5. The summed E-state index contributed by atoms with van der Waals surface area (Å²) in [4.78, 5) is 27.3. The number of aryl methyl sites for hydroxylation is 1. The van der Waals surface area contributed by atoms with Gasteiger partial charge in [0.1, 0.15) is 0 Å². The van der Waals surface area contributed by atoms with Crippen LogP contribution in [0.3, 0.4) is 0 Å². The smallest absolute Gasteiger partial charge is 0.243 e. The van der Waals surface area contributed by atoms with Gasteiger partial charge in [0.25, 0.3) is 0 Å². The zero-order valence-electron chi connectivity index (χ0n) is 16.9. The third-order valence-electron chi connectivity index (χ3n) is 5.78. The van der Waals surface area contributed by atoms with Crippen LogP contribution in [0, 0.1) is 6.92 Å². The van der Waals surface area contributed by atoms with Crippen molar-refractivity contribution in [3.63, 3.8) is 0 Å². The minimum Gasteiger partial charge on any atom is -0.336 e. The van der Waals surface area contributed by atoms with Gasteiger partial charge in [-0.2, -0.15) is 5.10 Å². The van der Waals surface area contributed by atoms with Gasteiger partial charge in [-0.05, 0) is 30.9 Å². The minimum absolute atomic E-state index is 0.0629. The van der Waals surface area contributed by atoms with E-state index < -0.39 is 0 Å². The standard InChI is InChI=1S/C24H27N3O2/c1-18-9-11-20(12-10-18)22-8-5-16-26(22)23(28)13-14-24(29)27-17-15-21(25-27)19-6-3-2-4-7-19/h2-4,6-7,9-12,22H,5,8,13-17H2,1H3. The highest BCUT2D eigenvalue weighted by molar-refractivity contribution is 6.02. The monoisotopic (exact) mass is 389 g/mol. The first kappa shape index (κ1) is 19.4. The topological polar surface area (TPSA) is 53.0 Å². The van der Waals surface area contributed by atoms with Crippen LogP contribution in [0.5, 0.6) is 0 Å². The van der Waals surface area contributed by atoms with Gasteiger partial charge in [-0.3, -0.25) is 9.59 Å². The van der Waals surface area contributed by atoms with Gasteiger partial charge < -0.3 is 4.90 Å². The number of hydrazone groups is 1. The Hall–Kier alpha value is -2.95. The second-order valence-electron chi connectivity index (χ2n) is 7.84. The molecule has 0 aromatic heterocycles. The van der Waals surface area contributed by atoms with E-state index in [4.69, 9.17) is 0 Å². The number of carbonyl (C=O) groups excluding carboxylic acids is 2. The first-order valence-electron chi connectivity index (χ1n) is 10.4. The molecule has 2 aliphatic heterocycles. The quantitative estimate of drug-likeness (QED) is 0.774. The molecule has 5 nitrogen and oxygen atoms in total. The molecule has 4 rings (SSSR count). The van der Waals surface area contributed by atoms with Crippen molar-refractivity contribution in [2.24, 2.45) is 5.10 Å². The van der Waals surface area contributed by atoms with E-state index in [1.54, 1.807) is 0 Å². The molecule has 150 valence electrons. The van der Waals surface area contributed by atoms with E-state index in [-0.39, 0.29) is 30.7 Å². The Bertz CT molecular complexity index is 905. The van der Waals surface area contributed by atoms with Crippen molar-refractivity contribution in [3.8, 4) is 0 Å². The molecule has 0 aliphatic carbocycles. The van der Waals surface area contributed by atoms with E-state index >= 15 is 0 Å². The Balaban J connectivity index is 1.34. The zero-order chi connectivity index (χ0) is 20.2. The van der Waals surface area contributed by atoms with E-state index in [9.17, 15) is 9.59 Å².